The second-order valence-corrected chi connectivity index (χ2v) is 5.14. The molecule has 7 heteroatoms. The van der Waals surface area contributed by atoms with Gasteiger partial charge in [-0.25, -0.2) is 4.98 Å². The zero-order valence-electron chi connectivity index (χ0n) is 11.4. The van der Waals surface area contributed by atoms with Crippen LogP contribution < -0.4 is 10.6 Å². The number of aromatic nitrogens is 1. The molecular weight excluding hydrogens is 280 g/mol. The molecule has 1 saturated heterocycles. The van der Waals surface area contributed by atoms with Gasteiger partial charge in [-0.05, 0) is 19.2 Å². The summed E-state index contributed by atoms with van der Waals surface area (Å²) in [6.07, 6.45) is 1.71. The van der Waals surface area contributed by atoms with Crippen LogP contribution in [0.3, 0.4) is 0 Å². The van der Waals surface area contributed by atoms with Crippen LogP contribution in [0.25, 0.3) is 0 Å². The van der Waals surface area contributed by atoms with Gasteiger partial charge in [0.25, 0.3) is 0 Å². The number of hydrogen-bond donors (Lipinski definition) is 2. The Bertz CT molecular complexity index is 452. The van der Waals surface area contributed by atoms with Crippen molar-refractivity contribution in [3.05, 3.63) is 23.5 Å². The first-order valence-corrected chi connectivity index (χ1v) is 6.94. The minimum absolute atomic E-state index is 0.119. The van der Waals surface area contributed by atoms with Gasteiger partial charge in [0.15, 0.2) is 5.15 Å². The summed E-state index contributed by atoms with van der Waals surface area (Å²) >= 11 is 5.89. The molecule has 0 spiro atoms. The first-order chi connectivity index (χ1) is 9.65. The Morgan fingerprint density at radius 1 is 1.70 bits per heavy atom. The number of carbonyl (C=O) groups is 1. The Morgan fingerprint density at radius 2 is 2.55 bits per heavy atom. The van der Waals surface area contributed by atoms with E-state index < -0.39 is 0 Å². The standard InChI is InChI=1S/C13H19ClN4O2/c1-18(8-10-7-15-5-6-20-10)9-12(19)17-11-3-2-4-16-13(11)14/h2-4,10,15H,5-9H2,1H3,(H,17,19). The molecule has 1 aromatic rings. The van der Waals surface area contributed by atoms with E-state index >= 15 is 0 Å². The number of carbonyl (C=O) groups excluding carboxylic acids is 1. The summed E-state index contributed by atoms with van der Waals surface area (Å²) < 4.78 is 5.60. The summed E-state index contributed by atoms with van der Waals surface area (Å²) in [6.45, 7) is 3.42. The number of halogens is 1. The molecule has 1 aliphatic heterocycles. The fraction of sp³-hybridized carbons (Fsp3) is 0.538. The summed E-state index contributed by atoms with van der Waals surface area (Å²) in [5.74, 6) is -0.119. The van der Waals surface area contributed by atoms with Gasteiger partial charge in [-0.2, -0.15) is 0 Å². The molecule has 1 amide bonds. The van der Waals surface area contributed by atoms with E-state index in [2.05, 4.69) is 15.6 Å². The largest absolute Gasteiger partial charge is 0.374 e. The first-order valence-electron chi connectivity index (χ1n) is 6.56. The van der Waals surface area contributed by atoms with Crippen molar-refractivity contribution < 1.29 is 9.53 Å². The molecule has 2 rings (SSSR count). The average molecular weight is 299 g/mol. The maximum atomic E-state index is 11.9. The Balaban J connectivity index is 1.77. The molecule has 0 bridgehead atoms. The van der Waals surface area contributed by atoms with Crippen molar-refractivity contribution in [3.8, 4) is 0 Å². The Kier molecular flexibility index (Phi) is 5.72. The maximum absolute atomic E-state index is 11.9. The average Bonchev–Trinajstić information content (AvgIpc) is 2.42. The topological polar surface area (TPSA) is 66.5 Å². The fourth-order valence-corrected chi connectivity index (χ4v) is 2.23. The van der Waals surface area contributed by atoms with E-state index in [9.17, 15) is 4.79 Å². The molecule has 1 unspecified atom stereocenters. The van der Waals surface area contributed by atoms with Crippen LogP contribution in [0.4, 0.5) is 5.69 Å². The van der Waals surface area contributed by atoms with Gasteiger partial charge in [0.2, 0.25) is 5.91 Å². The van der Waals surface area contributed by atoms with Crippen LogP contribution in [-0.4, -0.2) is 61.7 Å². The van der Waals surface area contributed by atoms with Crippen molar-refractivity contribution in [2.75, 3.05) is 45.2 Å². The quantitative estimate of drug-likeness (QED) is 0.779. The van der Waals surface area contributed by atoms with E-state index in [1.807, 2.05) is 11.9 Å². The van der Waals surface area contributed by atoms with Crippen LogP contribution in [0.2, 0.25) is 5.15 Å². The lowest BCUT2D eigenvalue weighted by atomic mass is 10.3. The van der Waals surface area contributed by atoms with Gasteiger partial charge in [-0.3, -0.25) is 9.69 Å². The molecule has 1 aliphatic rings. The van der Waals surface area contributed by atoms with Crippen molar-refractivity contribution in [2.24, 2.45) is 0 Å². The second-order valence-electron chi connectivity index (χ2n) is 4.78. The van der Waals surface area contributed by atoms with Gasteiger partial charge < -0.3 is 15.4 Å². The number of pyridine rings is 1. The zero-order chi connectivity index (χ0) is 14.4. The van der Waals surface area contributed by atoms with Gasteiger partial charge >= 0.3 is 0 Å². The van der Waals surface area contributed by atoms with E-state index in [-0.39, 0.29) is 18.6 Å². The Morgan fingerprint density at radius 3 is 3.25 bits per heavy atom. The number of likely N-dealkylation sites (N-methyl/N-ethyl adjacent to an activating group) is 1. The Hall–Kier alpha value is -1.21. The zero-order valence-corrected chi connectivity index (χ0v) is 12.2. The molecule has 1 aromatic heterocycles. The molecule has 0 saturated carbocycles. The van der Waals surface area contributed by atoms with Gasteiger partial charge in [0.1, 0.15) is 0 Å². The normalized spacial score (nSPS) is 19.1. The summed E-state index contributed by atoms with van der Waals surface area (Å²) in [5.41, 5.74) is 0.531. The molecular formula is C13H19ClN4O2. The van der Waals surface area contributed by atoms with Crippen LogP contribution in [-0.2, 0) is 9.53 Å². The number of morpholine rings is 1. The van der Waals surface area contributed by atoms with Crippen molar-refractivity contribution in [1.82, 2.24) is 15.2 Å². The highest BCUT2D eigenvalue weighted by atomic mass is 35.5. The van der Waals surface area contributed by atoms with Gasteiger partial charge in [-0.1, -0.05) is 11.6 Å². The Labute approximate surface area is 123 Å². The van der Waals surface area contributed by atoms with Crippen LogP contribution in [0, 0.1) is 0 Å². The number of hydrogen-bond acceptors (Lipinski definition) is 5. The van der Waals surface area contributed by atoms with Crippen LogP contribution in [0.1, 0.15) is 0 Å². The third kappa shape index (κ3) is 4.72. The van der Waals surface area contributed by atoms with E-state index in [1.54, 1.807) is 18.3 Å². The second kappa shape index (κ2) is 7.54. The maximum Gasteiger partial charge on any atom is 0.238 e. The lowest BCUT2D eigenvalue weighted by Crippen LogP contribution is -2.45. The molecule has 1 atom stereocenters. The summed E-state index contributed by atoms with van der Waals surface area (Å²) in [6, 6.07) is 3.45. The lowest BCUT2D eigenvalue weighted by Gasteiger charge is -2.27. The van der Waals surface area contributed by atoms with E-state index in [4.69, 9.17) is 16.3 Å². The lowest BCUT2D eigenvalue weighted by molar-refractivity contribution is -0.117. The molecule has 0 aliphatic carbocycles. The molecule has 20 heavy (non-hydrogen) atoms. The van der Waals surface area contributed by atoms with Crippen LogP contribution in [0.5, 0.6) is 0 Å². The predicted octanol–water partition coefficient (Wildman–Crippen LogP) is 0.594. The van der Waals surface area contributed by atoms with Gasteiger partial charge in [0.05, 0.1) is 24.9 Å². The minimum atomic E-state index is -0.119. The fourth-order valence-electron chi connectivity index (χ4n) is 2.06. The molecule has 0 radical (unpaired) electrons. The number of rotatable bonds is 5. The van der Waals surface area contributed by atoms with Crippen molar-refractivity contribution in [1.29, 1.82) is 0 Å². The summed E-state index contributed by atoms with van der Waals surface area (Å²) in [7, 11) is 1.89. The van der Waals surface area contributed by atoms with Gasteiger partial charge in [-0.15, -0.1) is 0 Å². The highest BCUT2D eigenvalue weighted by Gasteiger charge is 2.17. The predicted molar refractivity (Wildman–Crippen MR) is 78.0 cm³/mol. The molecule has 2 N–H and O–H groups in total. The summed E-state index contributed by atoms with van der Waals surface area (Å²) in [5, 5.41) is 6.30. The van der Waals surface area contributed by atoms with Crippen molar-refractivity contribution in [3.63, 3.8) is 0 Å². The summed E-state index contributed by atoms with van der Waals surface area (Å²) in [4.78, 5) is 17.8. The third-order valence-corrected chi connectivity index (χ3v) is 3.27. The number of anilines is 1. The molecule has 2 heterocycles. The third-order valence-electron chi connectivity index (χ3n) is 2.97. The van der Waals surface area contributed by atoms with Crippen molar-refractivity contribution in [2.45, 2.75) is 6.10 Å². The highest BCUT2D eigenvalue weighted by molar-refractivity contribution is 6.32. The van der Waals surface area contributed by atoms with E-state index in [1.165, 1.54) is 0 Å². The highest BCUT2D eigenvalue weighted by Crippen LogP contribution is 2.17. The van der Waals surface area contributed by atoms with Gasteiger partial charge in [0, 0.05) is 25.8 Å². The minimum Gasteiger partial charge on any atom is -0.374 e. The van der Waals surface area contributed by atoms with Crippen LogP contribution >= 0.6 is 11.6 Å². The number of nitrogens with one attached hydrogen (secondary N) is 2. The molecule has 110 valence electrons. The SMILES string of the molecule is CN(CC(=O)Nc1cccnc1Cl)CC1CNCCO1. The number of amides is 1. The van der Waals surface area contributed by atoms with Crippen LogP contribution in [0.15, 0.2) is 18.3 Å². The smallest absolute Gasteiger partial charge is 0.238 e. The van der Waals surface area contributed by atoms with Crippen molar-refractivity contribution >= 4 is 23.2 Å². The van der Waals surface area contributed by atoms with E-state index in [0.29, 0.717) is 17.4 Å². The molecule has 0 aromatic carbocycles. The molecule has 1 fully saturated rings. The first kappa shape index (κ1) is 15.2. The number of ether oxygens (including phenoxy) is 1. The number of nitrogens with zero attached hydrogens (tertiary/aromatic N) is 2. The van der Waals surface area contributed by atoms with E-state index in [0.717, 1.165) is 19.7 Å². The molecule has 6 nitrogen and oxygen atoms in total. The monoisotopic (exact) mass is 298 g/mol.